The molecule has 3 nitrogen and oxygen atoms in total. The number of benzene rings is 1. The Bertz CT molecular complexity index is 495. The second-order valence-corrected chi connectivity index (χ2v) is 5.51. The van der Waals surface area contributed by atoms with Crippen molar-refractivity contribution in [1.29, 1.82) is 5.26 Å². The highest BCUT2D eigenvalue weighted by Crippen LogP contribution is 2.32. The van der Waals surface area contributed by atoms with E-state index in [0.717, 1.165) is 28.9 Å². The molecule has 1 saturated heterocycles. The topological polar surface area (TPSA) is 39.4 Å². The number of halogens is 1. The fourth-order valence-corrected chi connectivity index (χ4v) is 3.35. The molecule has 0 aromatic heterocycles. The summed E-state index contributed by atoms with van der Waals surface area (Å²) in [4.78, 5) is 6.09. The molecular formula is C13H14ClN3S. The van der Waals surface area contributed by atoms with Gasteiger partial charge >= 0.3 is 0 Å². The molecule has 1 aromatic rings. The van der Waals surface area contributed by atoms with E-state index in [1.54, 1.807) is 11.8 Å². The minimum Gasteiger partial charge on any atom is -0.343 e. The molecule has 0 aliphatic carbocycles. The number of nitriles is 1. The van der Waals surface area contributed by atoms with E-state index in [1.807, 2.05) is 24.4 Å². The molecule has 0 amide bonds. The van der Waals surface area contributed by atoms with Crippen LogP contribution in [0.3, 0.4) is 0 Å². The number of thioether (sulfide) groups is 1. The maximum absolute atomic E-state index is 8.72. The summed E-state index contributed by atoms with van der Waals surface area (Å²) in [6.45, 7) is 3.06. The average molecular weight is 280 g/mol. The van der Waals surface area contributed by atoms with Crippen LogP contribution in [-0.2, 0) is 0 Å². The van der Waals surface area contributed by atoms with Gasteiger partial charge < -0.3 is 4.90 Å². The summed E-state index contributed by atoms with van der Waals surface area (Å²) in [5, 5.41) is 10.3. The zero-order valence-electron chi connectivity index (χ0n) is 10.1. The molecular weight excluding hydrogens is 266 g/mol. The van der Waals surface area contributed by atoms with Crippen molar-refractivity contribution in [2.75, 3.05) is 12.3 Å². The summed E-state index contributed by atoms with van der Waals surface area (Å²) in [6, 6.07) is 8.15. The molecule has 2 rings (SSSR count). The van der Waals surface area contributed by atoms with Crippen LogP contribution in [0.5, 0.6) is 0 Å². The van der Waals surface area contributed by atoms with Crippen LogP contribution in [0.2, 0.25) is 5.02 Å². The van der Waals surface area contributed by atoms with E-state index in [0.29, 0.717) is 0 Å². The SMILES string of the molecule is CCC(c1cccc(Cl)c1)N1CCSC1=NC#N. The summed E-state index contributed by atoms with van der Waals surface area (Å²) in [5.74, 6) is 0.984. The second-order valence-electron chi connectivity index (χ2n) is 4.02. The lowest BCUT2D eigenvalue weighted by atomic mass is 10.0. The third kappa shape index (κ3) is 2.80. The van der Waals surface area contributed by atoms with Crippen molar-refractivity contribution in [1.82, 2.24) is 4.90 Å². The Morgan fingerprint density at radius 1 is 1.61 bits per heavy atom. The molecule has 1 aliphatic rings. The number of amidine groups is 1. The molecule has 1 unspecified atom stereocenters. The first kappa shape index (κ1) is 13.3. The van der Waals surface area contributed by atoms with Crippen LogP contribution in [0.4, 0.5) is 0 Å². The van der Waals surface area contributed by atoms with E-state index in [1.165, 1.54) is 5.56 Å². The Balaban J connectivity index is 2.29. The summed E-state index contributed by atoms with van der Waals surface area (Å²) in [5.41, 5.74) is 1.18. The Morgan fingerprint density at radius 3 is 3.11 bits per heavy atom. The second kappa shape index (κ2) is 6.12. The lowest BCUT2D eigenvalue weighted by molar-refractivity contribution is 0.337. The highest BCUT2D eigenvalue weighted by molar-refractivity contribution is 8.14. The summed E-state index contributed by atoms with van der Waals surface area (Å²) >= 11 is 7.68. The van der Waals surface area contributed by atoms with Crippen molar-refractivity contribution in [3.05, 3.63) is 34.9 Å². The fraction of sp³-hybridized carbons (Fsp3) is 0.385. The number of aliphatic imine (C=N–C) groups is 1. The molecule has 0 N–H and O–H groups in total. The Hall–Kier alpha value is -1.18. The Kier molecular flexibility index (Phi) is 4.51. The van der Waals surface area contributed by atoms with E-state index in [-0.39, 0.29) is 6.04 Å². The van der Waals surface area contributed by atoms with Crippen molar-refractivity contribution in [3.8, 4) is 6.19 Å². The van der Waals surface area contributed by atoms with Gasteiger partial charge in [-0.2, -0.15) is 5.26 Å². The first-order chi connectivity index (χ1) is 8.76. The van der Waals surface area contributed by atoms with Crippen LogP contribution >= 0.6 is 23.4 Å². The monoisotopic (exact) mass is 279 g/mol. The third-order valence-electron chi connectivity index (χ3n) is 2.95. The minimum absolute atomic E-state index is 0.241. The maximum Gasteiger partial charge on any atom is 0.208 e. The van der Waals surface area contributed by atoms with Gasteiger partial charge in [-0.1, -0.05) is 42.4 Å². The molecule has 1 aromatic carbocycles. The first-order valence-corrected chi connectivity index (χ1v) is 7.24. The quantitative estimate of drug-likeness (QED) is 0.793. The number of hydrogen-bond acceptors (Lipinski definition) is 3. The van der Waals surface area contributed by atoms with Crippen LogP contribution in [-0.4, -0.2) is 22.4 Å². The molecule has 18 heavy (non-hydrogen) atoms. The molecule has 0 saturated carbocycles. The van der Waals surface area contributed by atoms with Crippen molar-refractivity contribution in [2.24, 2.45) is 4.99 Å². The minimum atomic E-state index is 0.241. The Morgan fingerprint density at radius 2 is 2.44 bits per heavy atom. The average Bonchev–Trinajstić information content (AvgIpc) is 2.79. The van der Waals surface area contributed by atoms with E-state index in [2.05, 4.69) is 22.9 Å². The zero-order chi connectivity index (χ0) is 13.0. The normalized spacial score (nSPS) is 18.9. The third-order valence-corrected chi connectivity index (χ3v) is 4.16. The van der Waals surface area contributed by atoms with Gasteiger partial charge in [0.1, 0.15) is 0 Å². The van der Waals surface area contributed by atoms with Gasteiger partial charge in [-0.25, -0.2) is 0 Å². The van der Waals surface area contributed by atoms with E-state index in [4.69, 9.17) is 16.9 Å². The molecule has 1 heterocycles. The molecule has 1 fully saturated rings. The predicted molar refractivity (Wildman–Crippen MR) is 76.7 cm³/mol. The zero-order valence-corrected chi connectivity index (χ0v) is 11.7. The van der Waals surface area contributed by atoms with Crippen molar-refractivity contribution >= 4 is 28.5 Å². The predicted octanol–water partition coefficient (Wildman–Crippen LogP) is 3.68. The summed E-state index contributed by atoms with van der Waals surface area (Å²) < 4.78 is 0. The van der Waals surface area contributed by atoms with Gasteiger partial charge in [0.15, 0.2) is 5.17 Å². The molecule has 1 atom stereocenters. The van der Waals surface area contributed by atoms with Crippen LogP contribution in [0.1, 0.15) is 24.9 Å². The van der Waals surface area contributed by atoms with Crippen LogP contribution in [0.25, 0.3) is 0 Å². The fourth-order valence-electron chi connectivity index (χ4n) is 2.19. The molecule has 1 aliphatic heterocycles. The van der Waals surface area contributed by atoms with Gasteiger partial charge in [-0.05, 0) is 24.1 Å². The lowest BCUT2D eigenvalue weighted by Crippen LogP contribution is -2.29. The number of nitrogens with zero attached hydrogens (tertiary/aromatic N) is 3. The summed E-state index contributed by atoms with van der Waals surface area (Å²) in [6.07, 6.45) is 2.84. The van der Waals surface area contributed by atoms with Crippen molar-refractivity contribution < 1.29 is 0 Å². The van der Waals surface area contributed by atoms with Gasteiger partial charge in [0.25, 0.3) is 0 Å². The van der Waals surface area contributed by atoms with Gasteiger partial charge in [0, 0.05) is 17.3 Å². The van der Waals surface area contributed by atoms with Gasteiger partial charge in [-0.3, -0.25) is 0 Å². The molecule has 0 spiro atoms. The largest absolute Gasteiger partial charge is 0.343 e. The van der Waals surface area contributed by atoms with Gasteiger partial charge in [-0.15, -0.1) is 4.99 Å². The number of hydrogen-bond donors (Lipinski definition) is 0. The van der Waals surface area contributed by atoms with Crippen LogP contribution in [0, 0.1) is 11.5 Å². The summed E-state index contributed by atoms with van der Waals surface area (Å²) in [7, 11) is 0. The standard InChI is InChI=1S/C13H14ClN3S/c1-2-12(10-4-3-5-11(14)8-10)17-6-7-18-13(17)16-9-15/h3-5,8,12H,2,6-7H2,1H3. The molecule has 94 valence electrons. The van der Waals surface area contributed by atoms with Crippen LogP contribution < -0.4 is 0 Å². The maximum atomic E-state index is 8.72. The molecule has 5 heteroatoms. The smallest absolute Gasteiger partial charge is 0.208 e. The highest BCUT2D eigenvalue weighted by Gasteiger charge is 2.27. The molecule has 0 bridgehead atoms. The van der Waals surface area contributed by atoms with Crippen LogP contribution in [0.15, 0.2) is 29.3 Å². The van der Waals surface area contributed by atoms with E-state index in [9.17, 15) is 0 Å². The van der Waals surface area contributed by atoms with E-state index >= 15 is 0 Å². The highest BCUT2D eigenvalue weighted by atomic mass is 35.5. The van der Waals surface area contributed by atoms with Gasteiger partial charge in [0.2, 0.25) is 6.19 Å². The van der Waals surface area contributed by atoms with E-state index < -0.39 is 0 Å². The van der Waals surface area contributed by atoms with Crippen molar-refractivity contribution in [3.63, 3.8) is 0 Å². The first-order valence-electron chi connectivity index (χ1n) is 5.88. The lowest BCUT2D eigenvalue weighted by Gasteiger charge is -2.28. The molecule has 0 radical (unpaired) electrons. The number of rotatable bonds is 3. The Labute approximate surface area is 116 Å². The van der Waals surface area contributed by atoms with Crippen molar-refractivity contribution in [2.45, 2.75) is 19.4 Å². The van der Waals surface area contributed by atoms with Gasteiger partial charge in [0.05, 0.1) is 6.04 Å².